The topological polar surface area (TPSA) is 64.3 Å². The molecule has 1 amide bonds. The number of hydrogen-bond donors (Lipinski definition) is 2. The van der Waals surface area contributed by atoms with E-state index in [1.807, 2.05) is 30.3 Å². The van der Waals surface area contributed by atoms with Gasteiger partial charge in [-0.3, -0.25) is 4.79 Å². The van der Waals surface area contributed by atoms with Crippen LogP contribution in [-0.2, 0) is 9.53 Å². The fraction of sp³-hybridized carbons (Fsp3) is 0.533. The lowest BCUT2D eigenvalue weighted by atomic mass is 9.89. The third kappa shape index (κ3) is 5.41. The number of hydrogen-bond acceptors (Lipinski definition) is 3. The van der Waals surface area contributed by atoms with E-state index in [1.165, 1.54) is 0 Å². The molecular weight excluding hydrogens is 240 g/mol. The molecule has 3 N–H and O–H groups in total. The van der Waals surface area contributed by atoms with Crippen LogP contribution in [0.25, 0.3) is 0 Å². The van der Waals surface area contributed by atoms with E-state index in [0.29, 0.717) is 13.2 Å². The molecule has 0 unspecified atom stereocenters. The maximum atomic E-state index is 12.0. The monoisotopic (exact) mass is 264 g/mol. The number of carbonyl (C=O) groups excluding carboxylic acids is 1. The Balaban J connectivity index is 2.47. The van der Waals surface area contributed by atoms with E-state index in [0.717, 1.165) is 12.0 Å². The molecule has 1 atom stereocenters. The molecule has 0 fully saturated rings. The molecule has 4 nitrogen and oxygen atoms in total. The van der Waals surface area contributed by atoms with Crippen molar-refractivity contribution in [1.82, 2.24) is 5.32 Å². The van der Waals surface area contributed by atoms with Gasteiger partial charge in [-0.25, -0.2) is 0 Å². The SMILES string of the molecule is COCCC(C)(C)CNC(=O)[C@H](N)c1ccccc1. The lowest BCUT2D eigenvalue weighted by Gasteiger charge is -2.25. The average Bonchev–Trinajstić information content (AvgIpc) is 2.43. The minimum atomic E-state index is -0.612. The molecule has 0 bridgehead atoms. The normalized spacial score (nSPS) is 13.1. The number of rotatable bonds is 7. The predicted octanol–water partition coefficient (Wildman–Crippen LogP) is 1.87. The molecule has 0 spiro atoms. The van der Waals surface area contributed by atoms with Crippen LogP contribution in [0.2, 0.25) is 0 Å². The highest BCUT2D eigenvalue weighted by Crippen LogP contribution is 2.19. The van der Waals surface area contributed by atoms with Crippen molar-refractivity contribution in [3.8, 4) is 0 Å². The van der Waals surface area contributed by atoms with E-state index < -0.39 is 6.04 Å². The van der Waals surface area contributed by atoms with Gasteiger partial charge in [0.2, 0.25) is 5.91 Å². The maximum Gasteiger partial charge on any atom is 0.241 e. The lowest BCUT2D eigenvalue weighted by Crippen LogP contribution is -2.39. The van der Waals surface area contributed by atoms with Crippen LogP contribution in [0.3, 0.4) is 0 Å². The molecule has 0 aliphatic heterocycles. The Hall–Kier alpha value is -1.39. The Kier molecular flexibility index (Phi) is 5.99. The van der Waals surface area contributed by atoms with Crippen molar-refractivity contribution in [1.29, 1.82) is 0 Å². The van der Waals surface area contributed by atoms with Crippen molar-refractivity contribution in [3.63, 3.8) is 0 Å². The van der Waals surface area contributed by atoms with E-state index in [1.54, 1.807) is 7.11 Å². The highest BCUT2D eigenvalue weighted by Gasteiger charge is 2.21. The standard InChI is InChI=1S/C15H24N2O2/c1-15(2,9-10-19-3)11-17-14(18)13(16)12-7-5-4-6-8-12/h4-8,13H,9-11,16H2,1-3H3,(H,17,18)/t13-/m1/s1. The van der Waals surface area contributed by atoms with Gasteiger partial charge < -0.3 is 15.8 Å². The largest absolute Gasteiger partial charge is 0.385 e. The van der Waals surface area contributed by atoms with Crippen LogP contribution < -0.4 is 11.1 Å². The second-order valence-corrected chi connectivity index (χ2v) is 5.51. The molecule has 0 aliphatic carbocycles. The van der Waals surface area contributed by atoms with E-state index in [9.17, 15) is 4.79 Å². The van der Waals surface area contributed by atoms with Crippen LogP contribution in [0.5, 0.6) is 0 Å². The molecule has 0 aliphatic rings. The van der Waals surface area contributed by atoms with Gasteiger partial charge in [0, 0.05) is 20.3 Å². The van der Waals surface area contributed by atoms with Crippen molar-refractivity contribution >= 4 is 5.91 Å². The summed E-state index contributed by atoms with van der Waals surface area (Å²) in [5, 5.41) is 2.91. The van der Waals surface area contributed by atoms with Crippen LogP contribution in [0.1, 0.15) is 31.9 Å². The van der Waals surface area contributed by atoms with Gasteiger partial charge in [-0.05, 0) is 17.4 Å². The van der Waals surface area contributed by atoms with Crippen LogP contribution in [0.15, 0.2) is 30.3 Å². The first-order chi connectivity index (χ1) is 8.96. The quantitative estimate of drug-likeness (QED) is 0.790. The second-order valence-electron chi connectivity index (χ2n) is 5.51. The molecule has 1 aromatic rings. The fourth-order valence-corrected chi connectivity index (χ4v) is 1.71. The molecule has 0 radical (unpaired) electrons. The minimum absolute atomic E-state index is 0.00206. The third-order valence-corrected chi connectivity index (χ3v) is 3.17. The lowest BCUT2D eigenvalue weighted by molar-refractivity contribution is -0.123. The molecule has 0 saturated carbocycles. The summed E-state index contributed by atoms with van der Waals surface area (Å²) < 4.78 is 5.06. The van der Waals surface area contributed by atoms with Gasteiger partial charge in [0.25, 0.3) is 0 Å². The number of nitrogens with two attached hydrogens (primary N) is 1. The van der Waals surface area contributed by atoms with Gasteiger partial charge in [0.15, 0.2) is 0 Å². The summed E-state index contributed by atoms with van der Waals surface area (Å²) in [4.78, 5) is 12.0. The zero-order chi connectivity index (χ0) is 14.3. The van der Waals surface area contributed by atoms with Crippen molar-refractivity contribution in [3.05, 3.63) is 35.9 Å². The van der Waals surface area contributed by atoms with Gasteiger partial charge in [-0.1, -0.05) is 44.2 Å². The Morgan fingerprint density at radius 1 is 1.37 bits per heavy atom. The molecule has 4 heteroatoms. The third-order valence-electron chi connectivity index (χ3n) is 3.17. The van der Waals surface area contributed by atoms with Crippen molar-refractivity contribution in [2.24, 2.45) is 11.1 Å². The summed E-state index contributed by atoms with van der Waals surface area (Å²) in [6.07, 6.45) is 0.893. The molecule has 0 aromatic heterocycles. The second kappa shape index (κ2) is 7.26. The van der Waals surface area contributed by atoms with Gasteiger partial charge in [0.1, 0.15) is 6.04 Å². The van der Waals surface area contributed by atoms with Crippen molar-refractivity contribution in [2.75, 3.05) is 20.3 Å². The van der Waals surface area contributed by atoms with Gasteiger partial charge in [-0.2, -0.15) is 0 Å². The van der Waals surface area contributed by atoms with Gasteiger partial charge >= 0.3 is 0 Å². The first-order valence-electron chi connectivity index (χ1n) is 6.53. The Morgan fingerprint density at radius 2 is 2.00 bits per heavy atom. The molecule has 1 rings (SSSR count). The van der Waals surface area contributed by atoms with Gasteiger partial charge in [0.05, 0.1) is 0 Å². The number of nitrogens with one attached hydrogen (secondary N) is 1. The molecular formula is C15H24N2O2. The van der Waals surface area contributed by atoms with Crippen LogP contribution in [0.4, 0.5) is 0 Å². The Bertz CT molecular complexity index is 390. The summed E-state index contributed by atoms with van der Waals surface area (Å²) in [6, 6.07) is 8.78. The average molecular weight is 264 g/mol. The zero-order valence-electron chi connectivity index (χ0n) is 12.0. The van der Waals surface area contributed by atoms with E-state index in [-0.39, 0.29) is 11.3 Å². The molecule has 106 valence electrons. The number of carbonyl (C=O) groups is 1. The van der Waals surface area contributed by atoms with E-state index in [2.05, 4.69) is 19.2 Å². The van der Waals surface area contributed by atoms with Crippen molar-refractivity contribution in [2.45, 2.75) is 26.3 Å². The maximum absolute atomic E-state index is 12.0. The smallest absolute Gasteiger partial charge is 0.241 e. The highest BCUT2D eigenvalue weighted by atomic mass is 16.5. The summed E-state index contributed by atoms with van der Waals surface area (Å²) >= 11 is 0. The Labute approximate surface area is 115 Å². The van der Waals surface area contributed by atoms with Crippen LogP contribution in [0, 0.1) is 5.41 Å². The Morgan fingerprint density at radius 3 is 2.58 bits per heavy atom. The first kappa shape index (κ1) is 15.7. The zero-order valence-corrected chi connectivity index (χ0v) is 12.0. The van der Waals surface area contributed by atoms with E-state index >= 15 is 0 Å². The summed E-state index contributed by atoms with van der Waals surface area (Å²) in [5.74, 6) is -0.142. The number of benzene rings is 1. The number of amides is 1. The molecule has 0 heterocycles. The fourth-order valence-electron chi connectivity index (χ4n) is 1.71. The highest BCUT2D eigenvalue weighted by molar-refractivity contribution is 5.82. The first-order valence-corrected chi connectivity index (χ1v) is 6.53. The summed E-state index contributed by atoms with van der Waals surface area (Å²) in [7, 11) is 1.68. The molecule has 0 saturated heterocycles. The molecule has 19 heavy (non-hydrogen) atoms. The minimum Gasteiger partial charge on any atom is -0.385 e. The molecule has 1 aromatic carbocycles. The summed E-state index contributed by atoms with van der Waals surface area (Å²) in [5.41, 5.74) is 6.76. The van der Waals surface area contributed by atoms with Crippen LogP contribution >= 0.6 is 0 Å². The number of methoxy groups -OCH3 is 1. The van der Waals surface area contributed by atoms with Crippen LogP contribution in [-0.4, -0.2) is 26.2 Å². The van der Waals surface area contributed by atoms with E-state index in [4.69, 9.17) is 10.5 Å². The predicted molar refractivity (Wildman–Crippen MR) is 76.7 cm³/mol. The number of ether oxygens (including phenoxy) is 1. The van der Waals surface area contributed by atoms with Crippen molar-refractivity contribution < 1.29 is 9.53 Å². The van der Waals surface area contributed by atoms with Gasteiger partial charge in [-0.15, -0.1) is 0 Å². The summed E-state index contributed by atoms with van der Waals surface area (Å²) in [6.45, 7) is 5.48.